The van der Waals surface area contributed by atoms with E-state index in [4.69, 9.17) is 0 Å². The van der Waals surface area contributed by atoms with Gasteiger partial charge in [0.15, 0.2) is 0 Å². The molecule has 1 N–H and O–H groups in total. The van der Waals surface area contributed by atoms with Crippen molar-refractivity contribution in [1.29, 1.82) is 0 Å². The van der Waals surface area contributed by atoms with Crippen LogP contribution in [0.1, 0.15) is 66.2 Å². The monoisotopic (exact) mass is 302 g/mol. The second-order valence-corrected chi connectivity index (χ2v) is 8.54. The van der Waals surface area contributed by atoms with Gasteiger partial charge in [-0.25, -0.2) is 0 Å². The molecule has 0 radical (unpaired) electrons. The molecule has 4 atom stereocenters. The zero-order chi connectivity index (χ0) is 16.1. The lowest BCUT2D eigenvalue weighted by Crippen LogP contribution is -2.53. The van der Waals surface area contributed by atoms with Gasteiger partial charge in [0.1, 0.15) is 0 Å². The molecule has 0 aliphatic heterocycles. The predicted molar refractivity (Wildman–Crippen MR) is 89.5 cm³/mol. The Hall–Kier alpha value is -1.05. The molecular formula is C20H30O2. The third-order valence-corrected chi connectivity index (χ3v) is 7.04. The van der Waals surface area contributed by atoms with Gasteiger partial charge in [-0.05, 0) is 67.8 Å². The van der Waals surface area contributed by atoms with Gasteiger partial charge in [-0.2, -0.15) is 0 Å². The molecule has 0 bridgehead atoms. The molecule has 2 heteroatoms. The Morgan fingerprint density at radius 1 is 1.32 bits per heavy atom. The van der Waals surface area contributed by atoms with Crippen molar-refractivity contribution in [2.45, 2.75) is 66.2 Å². The molecule has 0 spiro atoms. The number of hydrogen-bond acceptors (Lipinski definition) is 1. The van der Waals surface area contributed by atoms with Crippen LogP contribution in [0.4, 0.5) is 0 Å². The standard InChI is InChI=1S/C20H30O2/c1-13(2)14-6-8-16-15(12-14)7-9-17-19(16,3)10-5-11-20(17,4)18(21)22/h6,12-13,16-17H,5,7-11H2,1-4H3,(H,21,22)/t16-,17-,19-,20+/m1/s1. The Bertz CT molecular complexity index is 542. The highest BCUT2D eigenvalue weighted by Crippen LogP contribution is 2.62. The minimum atomic E-state index is -0.579. The predicted octanol–water partition coefficient (Wildman–Crippen LogP) is 5.21. The third-order valence-electron chi connectivity index (χ3n) is 7.04. The van der Waals surface area contributed by atoms with Crippen molar-refractivity contribution in [2.75, 3.05) is 0 Å². The van der Waals surface area contributed by atoms with Crippen LogP contribution in [-0.4, -0.2) is 11.1 Å². The minimum absolute atomic E-state index is 0.161. The third kappa shape index (κ3) is 2.18. The first kappa shape index (κ1) is 15.8. The molecule has 3 rings (SSSR count). The summed E-state index contributed by atoms with van der Waals surface area (Å²) in [5.41, 5.74) is 2.71. The number of carbonyl (C=O) groups is 1. The first-order valence-corrected chi connectivity index (χ1v) is 8.93. The largest absolute Gasteiger partial charge is 0.481 e. The number of fused-ring (bicyclic) bond motifs is 3. The molecule has 0 unspecified atom stereocenters. The number of aliphatic carboxylic acids is 1. The molecule has 0 aromatic carbocycles. The Labute approximate surface area is 134 Å². The molecule has 2 nitrogen and oxygen atoms in total. The summed E-state index contributed by atoms with van der Waals surface area (Å²) in [6, 6.07) is 0. The van der Waals surface area contributed by atoms with Crippen LogP contribution in [-0.2, 0) is 4.79 Å². The van der Waals surface area contributed by atoms with Crippen LogP contribution in [0.3, 0.4) is 0 Å². The van der Waals surface area contributed by atoms with Crippen molar-refractivity contribution >= 4 is 5.97 Å². The van der Waals surface area contributed by atoms with Gasteiger partial charge in [-0.15, -0.1) is 0 Å². The van der Waals surface area contributed by atoms with Gasteiger partial charge in [0, 0.05) is 0 Å². The van der Waals surface area contributed by atoms with E-state index in [1.807, 2.05) is 6.92 Å². The fourth-order valence-corrected chi connectivity index (χ4v) is 5.67. The average Bonchev–Trinajstić information content (AvgIpc) is 2.46. The van der Waals surface area contributed by atoms with E-state index in [0.29, 0.717) is 17.8 Å². The van der Waals surface area contributed by atoms with Crippen LogP contribution < -0.4 is 0 Å². The van der Waals surface area contributed by atoms with Gasteiger partial charge >= 0.3 is 5.97 Å². The van der Waals surface area contributed by atoms with Gasteiger partial charge in [-0.1, -0.05) is 44.9 Å². The number of hydrogen-bond donors (Lipinski definition) is 1. The van der Waals surface area contributed by atoms with Crippen LogP contribution in [0.15, 0.2) is 23.3 Å². The Morgan fingerprint density at radius 3 is 2.68 bits per heavy atom. The second kappa shape index (κ2) is 5.25. The summed E-state index contributed by atoms with van der Waals surface area (Å²) in [5, 5.41) is 9.84. The molecule has 2 fully saturated rings. The van der Waals surface area contributed by atoms with Crippen molar-refractivity contribution in [2.24, 2.45) is 28.6 Å². The summed E-state index contributed by atoms with van der Waals surface area (Å²) in [6.07, 6.45) is 11.2. The van der Waals surface area contributed by atoms with Crippen molar-refractivity contribution in [3.05, 3.63) is 23.3 Å². The van der Waals surface area contributed by atoms with E-state index >= 15 is 0 Å². The zero-order valence-electron chi connectivity index (χ0n) is 14.5. The van der Waals surface area contributed by atoms with Crippen molar-refractivity contribution < 1.29 is 9.90 Å². The molecular weight excluding hydrogens is 272 g/mol. The van der Waals surface area contributed by atoms with Crippen molar-refractivity contribution in [1.82, 2.24) is 0 Å². The lowest BCUT2D eigenvalue weighted by Gasteiger charge is -2.57. The summed E-state index contributed by atoms with van der Waals surface area (Å²) in [5.74, 6) is 0.898. The molecule has 2 saturated carbocycles. The van der Waals surface area contributed by atoms with E-state index in [-0.39, 0.29) is 5.41 Å². The zero-order valence-corrected chi connectivity index (χ0v) is 14.5. The van der Waals surface area contributed by atoms with E-state index in [0.717, 1.165) is 32.1 Å². The summed E-state index contributed by atoms with van der Waals surface area (Å²) in [7, 11) is 0. The highest BCUT2D eigenvalue weighted by Gasteiger charge is 2.57. The van der Waals surface area contributed by atoms with E-state index in [9.17, 15) is 9.90 Å². The molecule has 22 heavy (non-hydrogen) atoms. The van der Waals surface area contributed by atoms with Gasteiger partial charge < -0.3 is 5.11 Å². The fourth-order valence-electron chi connectivity index (χ4n) is 5.67. The Kier molecular flexibility index (Phi) is 3.78. The van der Waals surface area contributed by atoms with Crippen molar-refractivity contribution in [3.8, 4) is 0 Å². The van der Waals surface area contributed by atoms with Crippen molar-refractivity contribution in [3.63, 3.8) is 0 Å². The summed E-state index contributed by atoms with van der Waals surface area (Å²) in [6.45, 7) is 8.91. The SMILES string of the molecule is CC(C)C1=CC[C@@H]2C(=C1)CC[C@@H]1[C@]2(C)CCC[C@]1(C)C(=O)O. The number of rotatable bonds is 2. The summed E-state index contributed by atoms with van der Waals surface area (Å²) in [4.78, 5) is 11.9. The Balaban J connectivity index is 1.95. The maximum atomic E-state index is 11.9. The molecule has 3 aliphatic rings. The lowest BCUT2D eigenvalue weighted by molar-refractivity contribution is -0.164. The molecule has 0 amide bonds. The molecule has 0 aromatic rings. The fraction of sp³-hybridized carbons (Fsp3) is 0.750. The molecule has 3 aliphatic carbocycles. The average molecular weight is 302 g/mol. The highest BCUT2D eigenvalue weighted by molar-refractivity contribution is 5.75. The topological polar surface area (TPSA) is 37.3 Å². The van der Waals surface area contributed by atoms with Gasteiger partial charge in [0.2, 0.25) is 0 Å². The maximum absolute atomic E-state index is 11.9. The van der Waals surface area contributed by atoms with Crippen LogP contribution in [0, 0.1) is 28.6 Å². The number of carboxylic acid groups (broad SMARTS) is 1. The summed E-state index contributed by atoms with van der Waals surface area (Å²) >= 11 is 0. The lowest BCUT2D eigenvalue weighted by atomic mass is 9.46. The van der Waals surface area contributed by atoms with Crippen LogP contribution in [0.25, 0.3) is 0 Å². The minimum Gasteiger partial charge on any atom is -0.481 e. The normalized spacial score (nSPS) is 41.3. The van der Waals surface area contributed by atoms with Gasteiger partial charge in [0.05, 0.1) is 5.41 Å². The second-order valence-electron chi connectivity index (χ2n) is 8.54. The number of carboxylic acids is 1. The van der Waals surface area contributed by atoms with Crippen LogP contribution in [0.5, 0.6) is 0 Å². The molecule has 0 aromatic heterocycles. The smallest absolute Gasteiger partial charge is 0.309 e. The quantitative estimate of drug-likeness (QED) is 0.760. The molecule has 122 valence electrons. The van der Waals surface area contributed by atoms with E-state index in [1.165, 1.54) is 12.0 Å². The summed E-state index contributed by atoms with van der Waals surface area (Å²) < 4.78 is 0. The highest BCUT2D eigenvalue weighted by atomic mass is 16.4. The Morgan fingerprint density at radius 2 is 2.05 bits per heavy atom. The van der Waals surface area contributed by atoms with Crippen LogP contribution in [0.2, 0.25) is 0 Å². The van der Waals surface area contributed by atoms with Crippen LogP contribution >= 0.6 is 0 Å². The van der Waals surface area contributed by atoms with E-state index in [2.05, 4.69) is 32.9 Å². The first-order valence-electron chi connectivity index (χ1n) is 8.93. The van der Waals surface area contributed by atoms with Gasteiger partial charge in [0.25, 0.3) is 0 Å². The van der Waals surface area contributed by atoms with E-state index in [1.54, 1.807) is 5.57 Å². The molecule has 0 heterocycles. The van der Waals surface area contributed by atoms with E-state index < -0.39 is 11.4 Å². The first-order chi connectivity index (χ1) is 10.3. The maximum Gasteiger partial charge on any atom is 0.309 e. The molecule has 0 saturated heterocycles. The van der Waals surface area contributed by atoms with Gasteiger partial charge in [-0.3, -0.25) is 4.79 Å². The number of allylic oxidation sites excluding steroid dienone is 4.